The second kappa shape index (κ2) is 10.6. The number of aliphatic hydroxyl groups excluding tert-OH is 1. The zero-order valence-electron chi connectivity index (χ0n) is 21.9. The number of hydrogen-bond donors (Lipinski definition) is 2. The largest absolute Gasteiger partial charge is 0.507 e. The number of amides is 1. The van der Waals surface area contributed by atoms with Gasteiger partial charge >= 0.3 is 0 Å². The van der Waals surface area contributed by atoms with Crippen LogP contribution in [0.1, 0.15) is 43.0 Å². The molecule has 0 saturated carbocycles. The number of ether oxygens (including phenoxy) is 4. The van der Waals surface area contributed by atoms with Crippen molar-refractivity contribution in [3.63, 3.8) is 0 Å². The maximum absolute atomic E-state index is 13.5. The zero-order chi connectivity index (χ0) is 27.7. The van der Waals surface area contributed by atoms with Crippen LogP contribution in [0.15, 0.2) is 60.2 Å². The van der Waals surface area contributed by atoms with Crippen LogP contribution in [0.5, 0.6) is 28.7 Å². The van der Waals surface area contributed by atoms with E-state index in [-0.39, 0.29) is 29.6 Å². The summed E-state index contributed by atoms with van der Waals surface area (Å²) in [6.45, 7) is 6.53. The molecule has 3 aromatic carbocycles. The lowest BCUT2D eigenvalue weighted by Gasteiger charge is -2.26. The fourth-order valence-corrected chi connectivity index (χ4v) is 4.75. The Labute approximate surface area is 225 Å². The fourth-order valence-electron chi connectivity index (χ4n) is 4.75. The molecule has 3 aromatic rings. The molecular weight excluding hydrogens is 502 g/mol. The number of phenolic OH excluding ortho intramolecular Hbond substituents is 1. The van der Waals surface area contributed by atoms with Crippen LogP contribution in [0.3, 0.4) is 0 Å². The number of aryl methyl sites for hydroxylation is 1. The van der Waals surface area contributed by atoms with Crippen LogP contribution in [0.4, 0.5) is 5.69 Å². The maximum Gasteiger partial charge on any atom is 0.300 e. The lowest BCUT2D eigenvalue weighted by molar-refractivity contribution is -0.132. The summed E-state index contributed by atoms with van der Waals surface area (Å²) in [6.07, 6.45) is 0.848. The number of phenols is 1. The van der Waals surface area contributed by atoms with E-state index in [1.165, 1.54) is 11.0 Å². The van der Waals surface area contributed by atoms with Crippen LogP contribution >= 0.6 is 0 Å². The minimum Gasteiger partial charge on any atom is -0.507 e. The van der Waals surface area contributed by atoms with Crippen molar-refractivity contribution in [2.75, 3.05) is 24.9 Å². The number of carbonyl (C=O) groups is 2. The molecule has 2 aliphatic rings. The van der Waals surface area contributed by atoms with Crippen LogP contribution in [-0.2, 0) is 9.59 Å². The van der Waals surface area contributed by atoms with Crippen molar-refractivity contribution in [2.24, 2.45) is 0 Å². The summed E-state index contributed by atoms with van der Waals surface area (Å²) >= 11 is 0. The molecule has 2 aliphatic heterocycles. The average Bonchev–Trinajstić information content (AvgIpc) is 3.50. The molecule has 0 bridgehead atoms. The van der Waals surface area contributed by atoms with Gasteiger partial charge in [-0.25, -0.2) is 0 Å². The molecule has 0 aliphatic carbocycles. The number of ketones is 1. The van der Waals surface area contributed by atoms with Gasteiger partial charge < -0.3 is 29.2 Å². The molecule has 2 N–H and O–H groups in total. The summed E-state index contributed by atoms with van der Waals surface area (Å²) in [4.78, 5) is 28.3. The smallest absolute Gasteiger partial charge is 0.300 e. The number of aliphatic hydroxyl groups is 1. The molecule has 9 heteroatoms. The van der Waals surface area contributed by atoms with E-state index in [2.05, 4.69) is 0 Å². The molecule has 1 fully saturated rings. The van der Waals surface area contributed by atoms with Gasteiger partial charge in [-0.1, -0.05) is 13.0 Å². The summed E-state index contributed by atoms with van der Waals surface area (Å²) < 4.78 is 22.2. The van der Waals surface area contributed by atoms with Crippen molar-refractivity contribution in [2.45, 2.75) is 33.2 Å². The van der Waals surface area contributed by atoms with Gasteiger partial charge in [-0.2, -0.15) is 0 Å². The Morgan fingerprint density at radius 3 is 2.51 bits per heavy atom. The van der Waals surface area contributed by atoms with Crippen LogP contribution in [-0.4, -0.2) is 41.9 Å². The molecular formula is C30H29NO8. The van der Waals surface area contributed by atoms with Crippen LogP contribution in [0.25, 0.3) is 5.76 Å². The highest BCUT2D eigenvalue weighted by atomic mass is 16.7. The number of benzene rings is 3. The predicted molar refractivity (Wildman–Crippen MR) is 144 cm³/mol. The molecule has 1 amide bonds. The van der Waals surface area contributed by atoms with Gasteiger partial charge in [0.1, 0.15) is 11.5 Å². The van der Waals surface area contributed by atoms with E-state index in [0.29, 0.717) is 47.3 Å². The van der Waals surface area contributed by atoms with Gasteiger partial charge in [0.15, 0.2) is 23.0 Å². The minimum atomic E-state index is -1.01. The summed E-state index contributed by atoms with van der Waals surface area (Å²) in [5, 5.41) is 21.8. The Morgan fingerprint density at radius 1 is 0.974 bits per heavy atom. The normalized spacial score (nSPS) is 17.5. The van der Waals surface area contributed by atoms with Crippen molar-refractivity contribution in [1.29, 1.82) is 0 Å². The highest BCUT2D eigenvalue weighted by Gasteiger charge is 2.47. The van der Waals surface area contributed by atoms with Crippen LogP contribution < -0.4 is 23.8 Å². The molecule has 1 unspecified atom stereocenters. The average molecular weight is 532 g/mol. The van der Waals surface area contributed by atoms with Crippen LogP contribution in [0.2, 0.25) is 0 Å². The predicted octanol–water partition coefficient (Wildman–Crippen LogP) is 5.24. The summed E-state index contributed by atoms with van der Waals surface area (Å²) in [6, 6.07) is 13.6. The van der Waals surface area contributed by atoms with Gasteiger partial charge in [0, 0.05) is 17.3 Å². The van der Waals surface area contributed by atoms with Gasteiger partial charge in [0.25, 0.3) is 11.7 Å². The van der Waals surface area contributed by atoms with Gasteiger partial charge in [-0.05, 0) is 73.9 Å². The molecule has 202 valence electrons. The van der Waals surface area contributed by atoms with Crippen molar-refractivity contribution >= 4 is 23.1 Å². The lowest BCUT2D eigenvalue weighted by Crippen LogP contribution is -2.29. The number of carbonyl (C=O) groups excluding carboxylic acids is 2. The lowest BCUT2D eigenvalue weighted by atomic mass is 9.94. The molecule has 0 spiro atoms. The standard InChI is InChI=1S/C30H29NO8/c1-4-12-37-22-10-7-19(13-17(22)3)28(33)26-27(18-6-9-21(32)24(14-18)36-5-2)31(30(35)29(26)34)20-8-11-23-25(15-20)39-16-38-23/h6-11,13-15,27,32-33H,4-5,12,16H2,1-3H3/b28-26+. The van der Waals surface area contributed by atoms with E-state index in [1.807, 2.05) is 13.8 Å². The first-order valence-electron chi connectivity index (χ1n) is 12.7. The molecule has 39 heavy (non-hydrogen) atoms. The van der Waals surface area contributed by atoms with Gasteiger partial charge in [-0.3, -0.25) is 14.5 Å². The highest BCUT2D eigenvalue weighted by molar-refractivity contribution is 6.51. The molecule has 0 aromatic heterocycles. The van der Waals surface area contributed by atoms with Gasteiger partial charge in [-0.15, -0.1) is 0 Å². The molecule has 1 saturated heterocycles. The molecule has 9 nitrogen and oxygen atoms in total. The number of rotatable bonds is 8. The van der Waals surface area contributed by atoms with E-state index >= 15 is 0 Å². The Kier molecular flexibility index (Phi) is 7.06. The third kappa shape index (κ3) is 4.71. The first-order chi connectivity index (χ1) is 18.8. The van der Waals surface area contributed by atoms with Crippen molar-refractivity contribution in [3.8, 4) is 28.7 Å². The molecule has 1 atom stereocenters. The summed E-state index contributed by atoms with van der Waals surface area (Å²) in [5.74, 6) is -0.235. The van der Waals surface area contributed by atoms with E-state index in [9.17, 15) is 19.8 Å². The fraction of sp³-hybridized carbons (Fsp3) is 0.267. The summed E-state index contributed by atoms with van der Waals surface area (Å²) in [5.41, 5.74) is 1.91. The van der Waals surface area contributed by atoms with E-state index in [1.54, 1.807) is 55.5 Å². The van der Waals surface area contributed by atoms with Crippen LogP contribution in [0, 0.1) is 6.92 Å². The number of aromatic hydroxyl groups is 1. The summed E-state index contributed by atoms with van der Waals surface area (Å²) in [7, 11) is 0. The number of hydrogen-bond acceptors (Lipinski definition) is 8. The molecule has 0 radical (unpaired) electrons. The number of Topliss-reactive ketones (excluding diaryl/α,β-unsaturated/α-hetero) is 1. The van der Waals surface area contributed by atoms with Crippen molar-refractivity contribution in [3.05, 3.63) is 76.9 Å². The van der Waals surface area contributed by atoms with Gasteiger partial charge in [0.05, 0.1) is 24.8 Å². The van der Waals surface area contributed by atoms with E-state index < -0.39 is 17.7 Å². The molecule has 5 rings (SSSR count). The second-order valence-electron chi connectivity index (χ2n) is 9.20. The SMILES string of the molecule is CCCOc1ccc(/C(O)=C2\C(=O)C(=O)N(c3ccc4c(c3)OCO4)C2c2ccc(O)c(OCC)c2)cc1C. The van der Waals surface area contributed by atoms with E-state index in [0.717, 1.165) is 12.0 Å². The second-order valence-corrected chi connectivity index (χ2v) is 9.20. The number of fused-ring (bicyclic) bond motifs is 1. The Hall–Kier alpha value is -4.66. The van der Waals surface area contributed by atoms with Gasteiger partial charge in [0.2, 0.25) is 6.79 Å². The van der Waals surface area contributed by atoms with Crippen molar-refractivity contribution in [1.82, 2.24) is 0 Å². The Balaban J connectivity index is 1.67. The molecule has 2 heterocycles. The monoisotopic (exact) mass is 531 g/mol. The van der Waals surface area contributed by atoms with E-state index in [4.69, 9.17) is 18.9 Å². The topological polar surface area (TPSA) is 115 Å². The maximum atomic E-state index is 13.5. The quantitative estimate of drug-likeness (QED) is 0.230. The first kappa shape index (κ1) is 26.0. The number of nitrogens with zero attached hydrogens (tertiary/aromatic N) is 1. The highest BCUT2D eigenvalue weighted by Crippen LogP contribution is 2.46. The Morgan fingerprint density at radius 2 is 1.77 bits per heavy atom. The number of anilines is 1. The third-order valence-electron chi connectivity index (χ3n) is 6.59. The third-order valence-corrected chi connectivity index (χ3v) is 6.59. The minimum absolute atomic E-state index is 0.0496. The van der Waals surface area contributed by atoms with Crippen molar-refractivity contribution < 1.29 is 38.7 Å². The zero-order valence-corrected chi connectivity index (χ0v) is 21.9. The Bertz CT molecular complexity index is 1480. The first-order valence-corrected chi connectivity index (χ1v) is 12.7.